The average Bonchev–Trinajstić information content (AvgIpc) is 3.10. The number of sulfonamides is 1. The highest BCUT2D eigenvalue weighted by Gasteiger charge is 2.28. The predicted octanol–water partition coefficient (Wildman–Crippen LogP) is 2.73. The van der Waals surface area contributed by atoms with E-state index in [1.165, 1.54) is 0 Å². The Morgan fingerprint density at radius 3 is 2.48 bits per heavy atom. The Hall–Kier alpha value is -1.48. The van der Waals surface area contributed by atoms with Crippen LogP contribution in [0.2, 0.25) is 0 Å². The van der Waals surface area contributed by atoms with Gasteiger partial charge in [0.25, 0.3) is 5.89 Å². The van der Waals surface area contributed by atoms with E-state index in [-0.39, 0.29) is 18.4 Å². The Kier molecular flexibility index (Phi) is 7.39. The van der Waals surface area contributed by atoms with Gasteiger partial charge in [0.2, 0.25) is 10.0 Å². The van der Waals surface area contributed by atoms with Gasteiger partial charge >= 0.3 is 0 Å². The molecule has 1 aliphatic rings. The number of hydrogen-bond donors (Lipinski definition) is 1. The number of hydrogen-bond acceptors (Lipinski definition) is 6. The Morgan fingerprint density at radius 1 is 1.26 bits per heavy atom. The molecule has 0 aliphatic carbocycles. The smallest absolute Gasteiger partial charge is 0.257 e. The van der Waals surface area contributed by atoms with Crippen molar-refractivity contribution >= 4 is 22.4 Å². The molecule has 1 aromatic carbocycles. The van der Waals surface area contributed by atoms with E-state index in [0.717, 1.165) is 12.8 Å². The minimum Gasteiger partial charge on any atom is -0.334 e. The molecule has 0 saturated carbocycles. The summed E-state index contributed by atoms with van der Waals surface area (Å²) in [5.41, 5.74) is 0.715. The molecule has 0 amide bonds. The van der Waals surface area contributed by atoms with Gasteiger partial charge in [-0.05, 0) is 57.0 Å². The summed E-state index contributed by atoms with van der Waals surface area (Å²) >= 11 is 0. The van der Waals surface area contributed by atoms with Crippen LogP contribution in [0.3, 0.4) is 0 Å². The molecule has 1 unspecified atom stereocenters. The lowest BCUT2D eigenvalue weighted by Gasteiger charge is -2.29. The van der Waals surface area contributed by atoms with Crippen LogP contribution < -0.4 is 5.32 Å². The molecule has 1 fully saturated rings. The maximum Gasteiger partial charge on any atom is 0.257 e. The van der Waals surface area contributed by atoms with Crippen molar-refractivity contribution in [2.24, 2.45) is 5.92 Å². The summed E-state index contributed by atoms with van der Waals surface area (Å²) in [6, 6.07) is 6.92. The summed E-state index contributed by atoms with van der Waals surface area (Å²) in [4.78, 5) is 4.69. The lowest BCUT2D eigenvalue weighted by atomic mass is 10.0. The van der Waals surface area contributed by atoms with Gasteiger partial charge in [-0.25, -0.2) is 8.42 Å². The number of halogens is 1. The summed E-state index contributed by atoms with van der Waals surface area (Å²) < 4.78 is 32.4. The van der Waals surface area contributed by atoms with E-state index in [9.17, 15) is 8.42 Å². The van der Waals surface area contributed by atoms with Crippen LogP contribution in [0.5, 0.6) is 0 Å². The Bertz CT molecular complexity index is 831. The van der Waals surface area contributed by atoms with Gasteiger partial charge in [0, 0.05) is 31.1 Å². The summed E-state index contributed by atoms with van der Waals surface area (Å²) in [5, 5.41) is 7.11. The van der Waals surface area contributed by atoms with Crippen molar-refractivity contribution in [2.75, 3.05) is 20.1 Å². The van der Waals surface area contributed by atoms with E-state index in [2.05, 4.69) is 22.4 Å². The first kappa shape index (κ1) is 21.8. The molecule has 150 valence electrons. The van der Waals surface area contributed by atoms with Crippen molar-refractivity contribution in [3.63, 3.8) is 0 Å². The van der Waals surface area contributed by atoms with E-state index in [4.69, 9.17) is 4.52 Å². The van der Waals surface area contributed by atoms with E-state index in [1.807, 2.05) is 14.0 Å². The maximum absolute atomic E-state index is 12.8. The van der Waals surface area contributed by atoms with Crippen molar-refractivity contribution in [1.82, 2.24) is 19.8 Å². The molecule has 9 heteroatoms. The second-order valence-electron chi connectivity index (χ2n) is 7.02. The highest BCUT2D eigenvalue weighted by molar-refractivity contribution is 7.89. The van der Waals surface area contributed by atoms with Crippen LogP contribution in [-0.4, -0.2) is 49.0 Å². The van der Waals surface area contributed by atoms with Crippen molar-refractivity contribution < 1.29 is 12.9 Å². The molecule has 1 N–H and O–H groups in total. The largest absolute Gasteiger partial charge is 0.334 e. The van der Waals surface area contributed by atoms with E-state index >= 15 is 0 Å². The van der Waals surface area contributed by atoms with Gasteiger partial charge < -0.3 is 9.84 Å². The van der Waals surface area contributed by atoms with Gasteiger partial charge in [-0.3, -0.25) is 0 Å². The summed E-state index contributed by atoms with van der Waals surface area (Å²) in [7, 11) is -1.56. The molecule has 2 heterocycles. The first-order valence-corrected chi connectivity index (χ1v) is 10.4. The number of aromatic nitrogens is 2. The Morgan fingerprint density at radius 2 is 1.89 bits per heavy atom. The first-order chi connectivity index (χ1) is 12.4. The van der Waals surface area contributed by atoms with Gasteiger partial charge in [-0.2, -0.15) is 9.29 Å². The summed E-state index contributed by atoms with van der Waals surface area (Å²) in [6.07, 6.45) is 2.49. The Balaban J connectivity index is 0.00000261. The zero-order chi connectivity index (χ0) is 18.7. The number of piperidine rings is 1. The van der Waals surface area contributed by atoms with E-state index < -0.39 is 10.0 Å². The van der Waals surface area contributed by atoms with Crippen molar-refractivity contribution in [3.05, 3.63) is 30.1 Å². The molecule has 3 rings (SSSR count). The fourth-order valence-electron chi connectivity index (χ4n) is 2.97. The molecule has 0 spiro atoms. The molecule has 1 aliphatic heterocycles. The molecule has 2 aromatic rings. The monoisotopic (exact) mass is 414 g/mol. The SMILES string of the molecule is CNC(C)Cc1noc(-c2ccc(S(=O)(=O)N3CCC(C)CC3)cc2)n1.Cl. The van der Waals surface area contributed by atoms with Crippen LogP contribution in [0, 0.1) is 5.92 Å². The number of nitrogens with one attached hydrogen (secondary N) is 1. The standard InChI is InChI=1S/C18H26N4O3S.ClH/c1-13-8-10-22(11-9-13)26(23,24)16-6-4-15(5-7-16)18-20-17(21-25-18)12-14(2)19-3;/h4-7,13-14,19H,8-12H2,1-3H3;1H. The van der Waals surface area contributed by atoms with Crippen LogP contribution in [0.15, 0.2) is 33.7 Å². The molecule has 1 aromatic heterocycles. The third kappa shape index (κ3) is 5.07. The zero-order valence-electron chi connectivity index (χ0n) is 15.9. The van der Waals surface area contributed by atoms with Crippen LogP contribution in [0.4, 0.5) is 0 Å². The molecule has 7 nitrogen and oxygen atoms in total. The molecular formula is C18H27ClN4O3S. The highest BCUT2D eigenvalue weighted by Crippen LogP contribution is 2.25. The van der Waals surface area contributed by atoms with Gasteiger partial charge in [-0.1, -0.05) is 12.1 Å². The van der Waals surface area contributed by atoms with Crippen molar-refractivity contribution in [3.8, 4) is 11.5 Å². The molecular weight excluding hydrogens is 388 g/mol. The van der Waals surface area contributed by atoms with Crippen LogP contribution in [0.25, 0.3) is 11.5 Å². The van der Waals surface area contributed by atoms with E-state index in [1.54, 1.807) is 28.6 Å². The van der Waals surface area contributed by atoms with Crippen molar-refractivity contribution in [1.29, 1.82) is 0 Å². The lowest BCUT2D eigenvalue weighted by molar-refractivity contribution is 0.288. The summed E-state index contributed by atoms with van der Waals surface area (Å²) in [6.45, 7) is 5.37. The quantitative estimate of drug-likeness (QED) is 0.781. The van der Waals surface area contributed by atoms with Gasteiger partial charge in [0.1, 0.15) is 0 Å². The Labute approximate surface area is 167 Å². The number of rotatable bonds is 6. The number of benzene rings is 1. The number of nitrogens with zero attached hydrogens (tertiary/aromatic N) is 3. The van der Waals surface area contributed by atoms with Crippen LogP contribution >= 0.6 is 12.4 Å². The van der Waals surface area contributed by atoms with Gasteiger partial charge in [0.15, 0.2) is 5.82 Å². The van der Waals surface area contributed by atoms with Crippen LogP contribution in [0.1, 0.15) is 32.5 Å². The third-order valence-electron chi connectivity index (χ3n) is 4.93. The van der Waals surface area contributed by atoms with E-state index in [0.29, 0.717) is 47.6 Å². The average molecular weight is 415 g/mol. The minimum atomic E-state index is -3.44. The van der Waals surface area contributed by atoms with Crippen LogP contribution in [-0.2, 0) is 16.4 Å². The minimum absolute atomic E-state index is 0. The number of likely N-dealkylation sites (N-methyl/N-ethyl adjacent to an activating group) is 1. The normalized spacial score (nSPS) is 17.4. The second-order valence-corrected chi connectivity index (χ2v) is 8.96. The topological polar surface area (TPSA) is 88.3 Å². The molecule has 27 heavy (non-hydrogen) atoms. The van der Waals surface area contributed by atoms with Gasteiger partial charge in [0.05, 0.1) is 4.90 Å². The van der Waals surface area contributed by atoms with Crippen molar-refractivity contribution in [2.45, 2.75) is 44.0 Å². The molecule has 1 atom stereocenters. The molecule has 0 bridgehead atoms. The zero-order valence-corrected chi connectivity index (χ0v) is 17.5. The lowest BCUT2D eigenvalue weighted by Crippen LogP contribution is -2.37. The summed E-state index contributed by atoms with van der Waals surface area (Å²) in [5.74, 6) is 1.61. The van der Waals surface area contributed by atoms with Gasteiger partial charge in [-0.15, -0.1) is 12.4 Å². The molecule has 1 saturated heterocycles. The fourth-order valence-corrected chi connectivity index (χ4v) is 4.44. The third-order valence-corrected chi connectivity index (χ3v) is 6.84. The molecule has 0 radical (unpaired) electrons. The fraction of sp³-hybridized carbons (Fsp3) is 0.556. The predicted molar refractivity (Wildman–Crippen MR) is 106 cm³/mol. The highest BCUT2D eigenvalue weighted by atomic mass is 35.5. The second kappa shape index (κ2) is 9.14. The maximum atomic E-state index is 12.8. The first-order valence-electron chi connectivity index (χ1n) is 9.00.